The lowest BCUT2D eigenvalue weighted by atomic mass is 10.1. The van der Waals surface area contributed by atoms with E-state index in [9.17, 15) is 4.79 Å². The van der Waals surface area contributed by atoms with Crippen LogP contribution in [0.3, 0.4) is 0 Å². The van der Waals surface area contributed by atoms with Crippen molar-refractivity contribution in [3.05, 3.63) is 41.6 Å². The third kappa shape index (κ3) is 6.77. The second kappa shape index (κ2) is 9.76. The molecular formula is C20H26N4O3. The van der Waals surface area contributed by atoms with Crippen molar-refractivity contribution in [1.82, 2.24) is 14.7 Å². The van der Waals surface area contributed by atoms with E-state index in [0.29, 0.717) is 35.8 Å². The van der Waals surface area contributed by atoms with Crippen LogP contribution >= 0.6 is 0 Å². The largest absolute Gasteiger partial charge is 0.488 e. The number of methoxy groups -OCH3 is 1. The Bertz CT molecular complexity index is 833. The number of anilines is 1. The Hall–Kier alpha value is -2.82. The molecule has 0 saturated heterocycles. The summed E-state index contributed by atoms with van der Waals surface area (Å²) < 4.78 is 12.6. The molecule has 1 N–H and O–H groups in total. The normalized spacial score (nSPS) is 11.6. The molecule has 0 aliphatic heterocycles. The van der Waals surface area contributed by atoms with Crippen LogP contribution in [0, 0.1) is 11.8 Å². The van der Waals surface area contributed by atoms with Crippen LogP contribution in [0.5, 0.6) is 5.75 Å². The topological polar surface area (TPSA) is 68.6 Å². The van der Waals surface area contributed by atoms with Gasteiger partial charge >= 0.3 is 0 Å². The average molecular weight is 370 g/mol. The minimum atomic E-state index is -0.269. The summed E-state index contributed by atoms with van der Waals surface area (Å²) in [5, 5.41) is 6.94. The summed E-state index contributed by atoms with van der Waals surface area (Å²) in [5.74, 6) is 6.95. The van der Waals surface area contributed by atoms with E-state index in [0.717, 1.165) is 0 Å². The van der Waals surface area contributed by atoms with Gasteiger partial charge in [-0.15, -0.1) is 0 Å². The van der Waals surface area contributed by atoms with E-state index >= 15 is 0 Å². The van der Waals surface area contributed by atoms with Crippen LogP contribution in [0.2, 0.25) is 0 Å². The molecule has 0 aliphatic carbocycles. The molecule has 2 aromatic rings. The van der Waals surface area contributed by atoms with Gasteiger partial charge in [-0.3, -0.25) is 14.4 Å². The van der Waals surface area contributed by atoms with E-state index < -0.39 is 0 Å². The maximum absolute atomic E-state index is 12.6. The van der Waals surface area contributed by atoms with Crippen LogP contribution in [0.1, 0.15) is 22.8 Å². The fourth-order valence-corrected chi connectivity index (χ4v) is 2.34. The molecule has 2 rings (SSSR count). The van der Waals surface area contributed by atoms with E-state index in [1.165, 1.54) is 0 Å². The maximum Gasteiger partial charge on any atom is 0.257 e. The van der Waals surface area contributed by atoms with Crippen molar-refractivity contribution in [2.24, 2.45) is 7.05 Å². The predicted molar refractivity (Wildman–Crippen MR) is 105 cm³/mol. The molecule has 0 bridgehead atoms. The second-order valence-corrected chi connectivity index (χ2v) is 6.50. The van der Waals surface area contributed by atoms with Gasteiger partial charge in [-0.2, -0.15) is 5.10 Å². The van der Waals surface area contributed by atoms with Gasteiger partial charge in [0.05, 0.1) is 13.2 Å². The molecule has 7 nitrogen and oxygen atoms in total. The van der Waals surface area contributed by atoms with Gasteiger partial charge in [-0.1, -0.05) is 11.8 Å². The van der Waals surface area contributed by atoms with E-state index in [1.54, 1.807) is 43.2 Å². The van der Waals surface area contributed by atoms with Gasteiger partial charge in [0.15, 0.2) is 5.82 Å². The first-order valence-electron chi connectivity index (χ1n) is 8.62. The molecule has 0 aliphatic rings. The summed E-state index contributed by atoms with van der Waals surface area (Å²) in [6, 6.07) is 7.00. The van der Waals surface area contributed by atoms with Crippen LogP contribution in [0.15, 0.2) is 30.5 Å². The fraction of sp³-hybridized carbons (Fsp3) is 0.400. The molecule has 1 aromatic heterocycles. The number of carbonyl (C=O) groups is 1. The van der Waals surface area contributed by atoms with Crippen LogP contribution in [0.4, 0.5) is 5.82 Å². The van der Waals surface area contributed by atoms with E-state index in [1.807, 2.05) is 32.0 Å². The van der Waals surface area contributed by atoms with Crippen molar-refractivity contribution in [3.63, 3.8) is 0 Å². The van der Waals surface area contributed by atoms with Gasteiger partial charge in [-0.05, 0) is 39.2 Å². The third-order valence-corrected chi connectivity index (χ3v) is 3.49. The minimum absolute atomic E-state index is 0.147. The Labute approximate surface area is 160 Å². The monoisotopic (exact) mass is 370 g/mol. The molecule has 0 unspecified atom stereocenters. The predicted octanol–water partition coefficient (Wildman–Crippen LogP) is 2.00. The number of benzene rings is 1. The molecule has 7 heteroatoms. The molecular weight excluding hydrogens is 344 g/mol. The summed E-state index contributed by atoms with van der Waals surface area (Å²) in [5.41, 5.74) is 1.17. The first-order valence-corrected chi connectivity index (χ1v) is 8.62. The zero-order valence-electron chi connectivity index (χ0n) is 16.4. The lowest BCUT2D eigenvalue weighted by Gasteiger charge is -2.15. The number of aryl methyl sites for hydroxylation is 1. The van der Waals surface area contributed by atoms with Crippen molar-refractivity contribution >= 4 is 11.7 Å². The SMILES string of the molecule is COC[C@H](C)Oc1cc(C#CCN(C)C)cc(C(=O)Nc2ccn(C)n2)c1. The van der Waals surface area contributed by atoms with E-state index in [2.05, 4.69) is 22.3 Å². The number of nitrogens with zero attached hydrogens (tertiary/aromatic N) is 3. The van der Waals surface area contributed by atoms with Crippen molar-refractivity contribution in [3.8, 4) is 17.6 Å². The molecule has 1 heterocycles. The van der Waals surface area contributed by atoms with Crippen molar-refractivity contribution < 1.29 is 14.3 Å². The summed E-state index contributed by atoms with van der Waals surface area (Å²) in [4.78, 5) is 14.6. The third-order valence-electron chi connectivity index (χ3n) is 3.49. The van der Waals surface area contributed by atoms with Gasteiger partial charge in [0, 0.05) is 37.5 Å². The van der Waals surface area contributed by atoms with E-state index in [4.69, 9.17) is 9.47 Å². The average Bonchev–Trinajstić information content (AvgIpc) is 2.99. The minimum Gasteiger partial charge on any atom is -0.488 e. The zero-order chi connectivity index (χ0) is 19.8. The molecule has 1 amide bonds. The smallest absolute Gasteiger partial charge is 0.257 e. The molecule has 1 aromatic carbocycles. The number of nitrogens with one attached hydrogen (secondary N) is 1. The highest BCUT2D eigenvalue weighted by Gasteiger charge is 2.12. The molecule has 0 radical (unpaired) electrons. The lowest BCUT2D eigenvalue weighted by molar-refractivity contribution is 0.0917. The van der Waals surface area contributed by atoms with Crippen molar-refractivity contribution in [2.75, 3.05) is 39.7 Å². The van der Waals surface area contributed by atoms with Crippen molar-refractivity contribution in [2.45, 2.75) is 13.0 Å². The zero-order valence-corrected chi connectivity index (χ0v) is 16.4. The summed E-state index contributed by atoms with van der Waals surface area (Å²) in [7, 11) is 7.31. The van der Waals surface area contributed by atoms with Crippen LogP contribution in [0.25, 0.3) is 0 Å². The highest BCUT2D eigenvalue weighted by Crippen LogP contribution is 2.19. The molecule has 1 atom stereocenters. The number of hydrogen-bond donors (Lipinski definition) is 1. The van der Waals surface area contributed by atoms with Gasteiger partial charge in [-0.25, -0.2) is 0 Å². The Morgan fingerprint density at radius 3 is 2.78 bits per heavy atom. The molecule has 0 saturated carbocycles. The van der Waals surface area contributed by atoms with Crippen LogP contribution in [-0.2, 0) is 11.8 Å². The van der Waals surface area contributed by atoms with Gasteiger partial charge in [0.25, 0.3) is 5.91 Å². The van der Waals surface area contributed by atoms with Gasteiger partial charge in [0.1, 0.15) is 11.9 Å². The van der Waals surface area contributed by atoms with Gasteiger partial charge < -0.3 is 14.8 Å². The van der Waals surface area contributed by atoms with E-state index in [-0.39, 0.29) is 12.0 Å². The summed E-state index contributed by atoms with van der Waals surface area (Å²) in [6.07, 6.45) is 1.62. The molecule has 144 valence electrons. The number of rotatable bonds is 7. The molecule has 0 fully saturated rings. The quantitative estimate of drug-likeness (QED) is 0.755. The Balaban J connectivity index is 2.26. The molecule has 27 heavy (non-hydrogen) atoms. The molecule has 0 spiro atoms. The first-order chi connectivity index (χ1) is 12.9. The summed E-state index contributed by atoms with van der Waals surface area (Å²) >= 11 is 0. The lowest BCUT2D eigenvalue weighted by Crippen LogP contribution is -2.19. The fourth-order valence-electron chi connectivity index (χ4n) is 2.34. The first kappa shape index (κ1) is 20.5. The maximum atomic E-state index is 12.6. The number of hydrogen-bond acceptors (Lipinski definition) is 5. The Kier molecular flexibility index (Phi) is 7.41. The Morgan fingerprint density at radius 1 is 1.37 bits per heavy atom. The Morgan fingerprint density at radius 2 is 2.15 bits per heavy atom. The highest BCUT2D eigenvalue weighted by atomic mass is 16.5. The highest BCUT2D eigenvalue weighted by molar-refractivity contribution is 6.04. The number of aromatic nitrogens is 2. The van der Waals surface area contributed by atoms with Crippen LogP contribution < -0.4 is 10.1 Å². The number of ether oxygens (including phenoxy) is 2. The van der Waals surface area contributed by atoms with Crippen LogP contribution in [-0.4, -0.2) is 61.0 Å². The van der Waals surface area contributed by atoms with Gasteiger partial charge in [0.2, 0.25) is 0 Å². The standard InChI is InChI=1S/C20H26N4O3/c1-15(14-26-5)27-18-12-16(7-6-9-23(2)3)11-17(13-18)20(25)21-19-8-10-24(4)22-19/h8,10-13,15H,9,14H2,1-5H3,(H,21,22,25)/t15-/m0/s1. The second-order valence-electron chi connectivity index (χ2n) is 6.50. The summed E-state index contributed by atoms with van der Waals surface area (Å²) in [6.45, 7) is 2.98. The van der Waals surface area contributed by atoms with Crippen molar-refractivity contribution in [1.29, 1.82) is 0 Å². The number of amides is 1. The number of carbonyl (C=O) groups excluding carboxylic acids is 1.